The van der Waals surface area contributed by atoms with Gasteiger partial charge in [0, 0.05) is 35.8 Å². The Morgan fingerprint density at radius 2 is 2.06 bits per heavy atom. The largest absolute Gasteiger partial charge is 0.264 e. The summed E-state index contributed by atoms with van der Waals surface area (Å²) in [5.74, 6) is 0. The van der Waals surface area contributed by atoms with Gasteiger partial charge in [0.1, 0.15) is 0 Å². The van der Waals surface area contributed by atoms with Crippen LogP contribution >= 0.6 is 0 Å². The fourth-order valence-electron chi connectivity index (χ4n) is 1.48. The molecule has 3 nitrogen and oxygen atoms in total. The summed E-state index contributed by atoms with van der Waals surface area (Å²) in [5, 5.41) is 0. The minimum absolute atomic E-state index is 0.211. The van der Waals surface area contributed by atoms with Crippen LogP contribution in [-0.2, 0) is 9.84 Å². The molecular weight excluding hydrogens is 222 g/mol. The molecule has 0 bridgehead atoms. The van der Waals surface area contributed by atoms with Gasteiger partial charge in [-0.3, -0.25) is 4.98 Å². The third-order valence-electron chi connectivity index (χ3n) is 2.16. The van der Waals surface area contributed by atoms with Gasteiger partial charge in [0.25, 0.3) is 0 Å². The predicted molar refractivity (Wildman–Crippen MR) is 61.6 cm³/mol. The minimum atomic E-state index is -3.26. The highest BCUT2D eigenvalue weighted by atomic mass is 32.2. The number of sulfone groups is 1. The number of pyridine rings is 1. The van der Waals surface area contributed by atoms with Crippen LogP contribution in [0.1, 0.15) is 0 Å². The molecule has 16 heavy (non-hydrogen) atoms. The van der Waals surface area contributed by atoms with E-state index in [2.05, 4.69) is 11.1 Å². The second-order valence-electron chi connectivity index (χ2n) is 3.43. The van der Waals surface area contributed by atoms with Gasteiger partial charge in [0.15, 0.2) is 9.84 Å². The van der Waals surface area contributed by atoms with Gasteiger partial charge in [-0.05, 0) is 6.07 Å². The molecule has 1 heterocycles. The Labute approximate surface area is 94.7 Å². The van der Waals surface area contributed by atoms with Crippen molar-refractivity contribution in [3.63, 3.8) is 0 Å². The zero-order chi connectivity index (χ0) is 11.6. The molecule has 0 spiro atoms. The lowest BCUT2D eigenvalue weighted by molar-refractivity contribution is 0.602. The van der Waals surface area contributed by atoms with E-state index in [1.165, 1.54) is 6.26 Å². The summed E-state index contributed by atoms with van der Waals surface area (Å²) in [7, 11) is -3.26. The maximum Gasteiger partial charge on any atom is 0.176 e. The van der Waals surface area contributed by atoms with E-state index in [0.717, 1.165) is 5.56 Å². The molecule has 2 aromatic rings. The van der Waals surface area contributed by atoms with Crippen molar-refractivity contribution in [1.82, 2.24) is 4.98 Å². The van der Waals surface area contributed by atoms with Gasteiger partial charge in [-0.15, -0.1) is 0 Å². The van der Waals surface area contributed by atoms with Gasteiger partial charge < -0.3 is 0 Å². The smallest absolute Gasteiger partial charge is 0.176 e. The third kappa shape index (κ3) is 2.12. The normalized spacial score (nSPS) is 11.3. The number of benzene rings is 1. The summed E-state index contributed by atoms with van der Waals surface area (Å²) in [6, 6.07) is 11.5. The van der Waals surface area contributed by atoms with E-state index < -0.39 is 9.84 Å². The zero-order valence-corrected chi connectivity index (χ0v) is 9.53. The van der Waals surface area contributed by atoms with Crippen LogP contribution in [0.3, 0.4) is 0 Å². The summed E-state index contributed by atoms with van der Waals surface area (Å²) in [6.45, 7) is 0. The molecule has 0 aliphatic carbocycles. The monoisotopic (exact) mass is 232 g/mol. The molecule has 0 atom stereocenters. The van der Waals surface area contributed by atoms with Crippen molar-refractivity contribution >= 4 is 9.84 Å². The van der Waals surface area contributed by atoms with Gasteiger partial charge >= 0.3 is 0 Å². The van der Waals surface area contributed by atoms with Crippen molar-refractivity contribution in [2.24, 2.45) is 0 Å². The average Bonchev–Trinajstić information content (AvgIpc) is 2.29. The maximum atomic E-state index is 11.6. The molecular formula is C12H10NO2S. The molecule has 0 amide bonds. The van der Waals surface area contributed by atoms with Gasteiger partial charge in [-0.25, -0.2) is 8.42 Å². The number of nitrogens with zero attached hydrogens (tertiary/aromatic N) is 1. The number of rotatable bonds is 2. The highest BCUT2D eigenvalue weighted by Gasteiger charge is 2.13. The van der Waals surface area contributed by atoms with E-state index in [4.69, 9.17) is 0 Å². The molecule has 1 aromatic heterocycles. The molecule has 2 rings (SSSR count). The first-order valence-electron chi connectivity index (χ1n) is 4.70. The second-order valence-corrected chi connectivity index (χ2v) is 5.38. The Bertz CT molecular complexity index is 591. The summed E-state index contributed by atoms with van der Waals surface area (Å²) in [4.78, 5) is 4.19. The molecule has 0 unspecified atom stereocenters. The number of aromatic nitrogens is 1. The van der Waals surface area contributed by atoms with Crippen LogP contribution in [0, 0.1) is 6.07 Å². The fourth-order valence-corrected chi connectivity index (χ4v) is 2.35. The van der Waals surface area contributed by atoms with Gasteiger partial charge in [-0.1, -0.05) is 24.3 Å². The van der Waals surface area contributed by atoms with Gasteiger partial charge in [-0.2, -0.15) is 0 Å². The summed E-state index contributed by atoms with van der Waals surface area (Å²) < 4.78 is 23.2. The van der Waals surface area contributed by atoms with Crippen LogP contribution < -0.4 is 0 Å². The Hall–Kier alpha value is -1.68. The Balaban J connectivity index is 2.68. The first-order valence-corrected chi connectivity index (χ1v) is 6.59. The third-order valence-corrected chi connectivity index (χ3v) is 3.24. The lowest BCUT2D eigenvalue weighted by Crippen LogP contribution is -1.99. The molecule has 0 aliphatic rings. The Kier molecular flexibility index (Phi) is 2.75. The van der Waals surface area contributed by atoms with Crippen LogP contribution in [0.5, 0.6) is 0 Å². The molecule has 0 fully saturated rings. The van der Waals surface area contributed by atoms with Crippen LogP contribution in [0.25, 0.3) is 11.1 Å². The maximum absolute atomic E-state index is 11.6. The molecule has 4 heteroatoms. The lowest BCUT2D eigenvalue weighted by Gasteiger charge is -2.06. The van der Waals surface area contributed by atoms with E-state index in [-0.39, 0.29) is 4.90 Å². The van der Waals surface area contributed by atoms with E-state index in [1.54, 1.807) is 36.7 Å². The zero-order valence-electron chi connectivity index (χ0n) is 8.71. The van der Waals surface area contributed by atoms with Crippen LogP contribution in [-0.4, -0.2) is 19.7 Å². The van der Waals surface area contributed by atoms with E-state index >= 15 is 0 Å². The first kappa shape index (κ1) is 10.8. The van der Waals surface area contributed by atoms with E-state index in [1.807, 2.05) is 6.07 Å². The summed E-state index contributed by atoms with van der Waals surface area (Å²) in [5.41, 5.74) is 1.41. The predicted octanol–water partition coefficient (Wildman–Crippen LogP) is 1.95. The van der Waals surface area contributed by atoms with Crippen molar-refractivity contribution < 1.29 is 8.42 Å². The molecule has 0 saturated carbocycles. The van der Waals surface area contributed by atoms with Gasteiger partial charge in [0.2, 0.25) is 0 Å². The SMILES string of the molecule is CS(=O)(=O)c1[c]cccc1-c1cccnc1. The number of hydrogen-bond acceptors (Lipinski definition) is 3. The molecule has 0 aliphatic heterocycles. The minimum Gasteiger partial charge on any atom is -0.264 e. The van der Waals surface area contributed by atoms with Crippen LogP contribution in [0.2, 0.25) is 0 Å². The Morgan fingerprint density at radius 1 is 1.25 bits per heavy atom. The second kappa shape index (κ2) is 4.06. The van der Waals surface area contributed by atoms with Crippen molar-refractivity contribution in [3.05, 3.63) is 48.8 Å². The molecule has 1 radical (unpaired) electrons. The van der Waals surface area contributed by atoms with Crippen molar-refractivity contribution in [1.29, 1.82) is 0 Å². The lowest BCUT2D eigenvalue weighted by atomic mass is 10.1. The average molecular weight is 232 g/mol. The Morgan fingerprint density at radius 3 is 2.69 bits per heavy atom. The standard InChI is InChI=1S/C12H10NO2S/c1-16(14,15)12-7-3-2-6-11(12)10-5-4-8-13-9-10/h2-6,8-9H,1H3. The van der Waals surface area contributed by atoms with E-state index in [0.29, 0.717) is 5.56 Å². The molecule has 81 valence electrons. The molecule has 0 N–H and O–H groups in total. The van der Waals surface area contributed by atoms with Crippen molar-refractivity contribution in [2.45, 2.75) is 4.90 Å². The van der Waals surface area contributed by atoms with Crippen molar-refractivity contribution in [3.8, 4) is 11.1 Å². The highest BCUT2D eigenvalue weighted by molar-refractivity contribution is 7.90. The van der Waals surface area contributed by atoms with Crippen LogP contribution in [0.4, 0.5) is 0 Å². The summed E-state index contributed by atoms with van der Waals surface area (Å²) in [6.07, 6.45) is 4.47. The first-order chi connectivity index (χ1) is 7.59. The number of hydrogen-bond donors (Lipinski definition) is 0. The van der Waals surface area contributed by atoms with Crippen LogP contribution in [0.15, 0.2) is 47.6 Å². The van der Waals surface area contributed by atoms with Gasteiger partial charge in [0.05, 0.1) is 4.90 Å². The van der Waals surface area contributed by atoms with E-state index in [9.17, 15) is 8.42 Å². The highest BCUT2D eigenvalue weighted by Crippen LogP contribution is 2.25. The summed E-state index contributed by atoms with van der Waals surface area (Å²) >= 11 is 0. The molecule has 0 saturated heterocycles. The molecule has 1 aromatic carbocycles. The topological polar surface area (TPSA) is 47.0 Å². The fraction of sp³-hybridized carbons (Fsp3) is 0.0833. The quantitative estimate of drug-likeness (QED) is 0.795. The van der Waals surface area contributed by atoms with Crippen molar-refractivity contribution in [2.75, 3.05) is 6.26 Å².